The van der Waals surface area contributed by atoms with Crippen LogP contribution in [0.5, 0.6) is 0 Å². The normalized spacial score (nSPS) is 12.2. The number of hydrogen-bond acceptors (Lipinski definition) is 1. The van der Waals surface area contributed by atoms with Crippen molar-refractivity contribution in [3.63, 3.8) is 0 Å². The van der Waals surface area contributed by atoms with Gasteiger partial charge >= 0.3 is 0 Å². The lowest BCUT2D eigenvalue weighted by atomic mass is 9.61. The van der Waals surface area contributed by atoms with Crippen molar-refractivity contribution >= 4 is 217 Å². The largest absolute Gasteiger partial charge is 0.457 e. The van der Waals surface area contributed by atoms with Gasteiger partial charge < -0.3 is 4.42 Å². The van der Waals surface area contributed by atoms with Crippen LogP contribution >= 0.6 is 0 Å². The SMILES string of the molecule is Bc1c(-c2cc(-c3ccc4ccc5cccc6ccc3c4c56)cc(-c3ccc4ccc5cccc6ccc3c4c56)c2-c2ccccc2)c(B)c2c(oc3c(B)c4c(B)c(B)c(B)c(B)c4c(B)c32)c1B. The van der Waals surface area contributed by atoms with Crippen LogP contribution in [-0.4, -0.2) is 70.6 Å². The van der Waals surface area contributed by atoms with Crippen LogP contribution in [0.4, 0.5) is 0 Å². The van der Waals surface area contributed by atoms with E-state index in [0.29, 0.717) is 0 Å². The van der Waals surface area contributed by atoms with Crippen LogP contribution < -0.4 is 49.2 Å². The van der Waals surface area contributed by atoms with Gasteiger partial charge in [-0.25, -0.2) is 0 Å². The van der Waals surface area contributed by atoms with E-state index in [1.165, 1.54) is 180 Å². The second kappa shape index (κ2) is 14.8. The van der Waals surface area contributed by atoms with E-state index in [1.54, 1.807) is 0 Å². The zero-order valence-corrected chi connectivity index (χ0v) is 41.3. The Kier molecular flexibility index (Phi) is 8.78. The molecule has 316 valence electrons. The summed E-state index contributed by atoms with van der Waals surface area (Å²) in [4.78, 5) is 0. The Balaban J connectivity index is 1.17. The molecule has 14 aromatic rings. The molecule has 0 amide bonds. The predicted octanol–water partition coefficient (Wildman–Crippen LogP) is 1.53. The molecule has 0 saturated heterocycles. The summed E-state index contributed by atoms with van der Waals surface area (Å²) in [6.45, 7) is 0. The molecule has 0 atom stereocenters. The van der Waals surface area contributed by atoms with E-state index < -0.39 is 0 Å². The minimum atomic E-state index is 0.996. The highest BCUT2D eigenvalue weighted by atomic mass is 16.3. The number of benzene rings is 13. The third-order valence-electron chi connectivity index (χ3n) is 17.2. The van der Waals surface area contributed by atoms with Crippen molar-refractivity contribution in [3.05, 3.63) is 152 Å². The quantitative estimate of drug-likeness (QED) is 0.194. The van der Waals surface area contributed by atoms with Crippen molar-refractivity contribution in [1.29, 1.82) is 0 Å². The Morgan fingerprint density at radius 2 is 0.700 bits per heavy atom. The molecule has 1 nitrogen and oxygen atoms in total. The van der Waals surface area contributed by atoms with Gasteiger partial charge in [0, 0.05) is 10.8 Å². The van der Waals surface area contributed by atoms with Crippen LogP contribution in [0.15, 0.2) is 156 Å². The smallest absolute Gasteiger partial charge is 0.145 e. The zero-order valence-electron chi connectivity index (χ0n) is 41.3. The summed E-state index contributed by atoms with van der Waals surface area (Å²) < 4.78 is 7.23. The van der Waals surface area contributed by atoms with Gasteiger partial charge in [-0.3, -0.25) is 0 Å². The summed E-state index contributed by atoms with van der Waals surface area (Å²) in [5.74, 6) is 0. The first-order valence-electron chi connectivity index (χ1n) is 24.9. The van der Waals surface area contributed by atoms with Crippen molar-refractivity contribution in [1.82, 2.24) is 0 Å². The topological polar surface area (TPSA) is 13.1 Å². The Bertz CT molecular complexity index is 4600. The maximum Gasteiger partial charge on any atom is 0.145 e. The lowest BCUT2D eigenvalue weighted by Gasteiger charge is -2.25. The molecule has 70 heavy (non-hydrogen) atoms. The van der Waals surface area contributed by atoms with E-state index in [0.717, 1.165) is 11.2 Å². The molecular weight excluding hydrogens is 834 g/mol. The van der Waals surface area contributed by atoms with Crippen LogP contribution in [0.2, 0.25) is 0 Å². The molecule has 0 radical (unpaired) electrons. The average Bonchev–Trinajstić information content (AvgIpc) is 3.81. The molecule has 0 spiro atoms. The van der Waals surface area contributed by atoms with Gasteiger partial charge in [-0.2, -0.15) is 0 Å². The number of fused-ring (bicyclic) bond motifs is 4. The Morgan fingerprint density at radius 1 is 0.243 bits per heavy atom. The summed E-state index contributed by atoms with van der Waals surface area (Å²) in [6, 6.07) is 57.6. The predicted molar refractivity (Wildman–Crippen MR) is 334 cm³/mol. The van der Waals surface area contributed by atoms with Crippen molar-refractivity contribution in [2.45, 2.75) is 0 Å². The first-order chi connectivity index (χ1) is 34.0. The summed E-state index contributed by atoms with van der Waals surface area (Å²) in [6.07, 6.45) is 0. The van der Waals surface area contributed by atoms with E-state index in [2.05, 4.69) is 222 Å². The van der Waals surface area contributed by atoms with Gasteiger partial charge in [0.05, 0.1) is 0 Å². The first-order valence-corrected chi connectivity index (χ1v) is 24.9. The monoisotopic (exact) mass is 878 g/mol. The van der Waals surface area contributed by atoms with Gasteiger partial charge in [-0.1, -0.05) is 172 Å². The van der Waals surface area contributed by atoms with Crippen LogP contribution in [0.1, 0.15) is 0 Å². The fourth-order valence-electron chi connectivity index (χ4n) is 13.4. The number of rotatable bonds is 4. The molecule has 0 aliphatic heterocycles. The van der Waals surface area contributed by atoms with Crippen molar-refractivity contribution < 1.29 is 4.42 Å². The third-order valence-corrected chi connectivity index (χ3v) is 17.2. The van der Waals surface area contributed by atoms with Gasteiger partial charge in [-0.05, 0) is 138 Å². The molecule has 13 aromatic carbocycles. The van der Waals surface area contributed by atoms with Crippen LogP contribution in [0, 0.1) is 0 Å². The first kappa shape index (κ1) is 41.5. The fourth-order valence-corrected chi connectivity index (χ4v) is 13.4. The standard InChI is InChI=1S/C60H43B9O/c61-50-45(52(63)58(69)60-48(50)49-51(62)46-47(55(66)59(49)70-60)54(65)57(68)56(67)53(46)64)39-25-33(34-20-16-31-14-12-27-8-4-10-29-18-22-36(34)43(31)40(27)29)24-38(42(39)26-6-2-1-3-7-26)35-21-17-32-15-13-28-9-5-11-30-19-23-37(35)44(32)41(28)30/h1-25H,61-69H2. The molecule has 0 aliphatic rings. The second-order valence-electron chi connectivity index (χ2n) is 20.5. The lowest BCUT2D eigenvalue weighted by Crippen LogP contribution is -2.50. The third kappa shape index (κ3) is 5.45. The van der Waals surface area contributed by atoms with Gasteiger partial charge in [0.15, 0.2) is 0 Å². The minimum absolute atomic E-state index is 0.996. The fraction of sp³-hybridized carbons (Fsp3) is 0. The molecule has 10 heteroatoms. The van der Waals surface area contributed by atoms with E-state index in [1.807, 2.05) is 0 Å². The molecule has 0 bridgehead atoms. The molecule has 1 aromatic heterocycles. The number of hydrogen-bond donors (Lipinski definition) is 0. The van der Waals surface area contributed by atoms with E-state index >= 15 is 0 Å². The van der Waals surface area contributed by atoms with Gasteiger partial charge in [-0.15, -0.1) is 10.9 Å². The molecule has 14 rings (SSSR count). The zero-order chi connectivity index (χ0) is 47.6. The second-order valence-corrected chi connectivity index (χ2v) is 20.5. The van der Waals surface area contributed by atoms with E-state index in [-0.39, 0.29) is 0 Å². The van der Waals surface area contributed by atoms with Crippen molar-refractivity contribution in [3.8, 4) is 44.5 Å². The summed E-state index contributed by atoms with van der Waals surface area (Å²) >= 11 is 0. The van der Waals surface area contributed by atoms with Crippen LogP contribution in [0.3, 0.4) is 0 Å². The van der Waals surface area contributed by atoms with Gasteiger partial charge in [0.2, 0.25) is 0 Å². The molecule has 0 unspecified atom stereocenters. The van der Waals surface area contributed by atoms with E-state index in [4.69, 9.17) is 4.42 Å². The van der Waals surface area contributed by atoms with Crippen LogP contribution in [0.25, 0.3) is 142 Å². The molecule has 0 aliphatic carbocycles. The maximum absolute atomic E-state index is 7.23. The maximum atomic E-state index is 7.23. The molecular formula is C60H43B9O. The Labute approximate surface area is 415 Å². The molecule has 1 heterocycles. The molecule has 0 N–H and O–H groups in total. The van der Waals surface area contributed by atoms with Gasteiger partial charge in [0.25, 0.3) is 0 Å². The number of furan rings is 1. The Morgan fingerprint density at radius 3 is 1.29 bits per heavy atom. The Hall–Kier alpha value is -7.42. The molecule has 0 saturated carbocycles. The van der Waals surface area contributed by atoms with Crippen molar-refractivity contribution in [2.75, 3.05) is 0 Å². The highest BCUT2D eigenvalue weighted by molar-refractivity contribution is 6.72. The summed E-state index contributed by atoms with van der Waals surface area (Å²) in [5, 5.41) is 20.7. The summed E-state index contributed by atoms with van der Waals surface area (Å²) in [5.41, 5.74) is 23.5. The van der Waals surface area contributed by atoms with Crippen LogP contribution in [-0.2, 0) is 0 Å². The summed E-state index contributed by atoms with van der Waals surface area (Å²) in [7, 11) is 20.8. The highest BCUT2D eigenvalue weighted by Crippen LogP contribution is 2.48. The average molecular weight is 877 g/mol. The lowest BCUT2D eigenvalue weighted by molar-refractivity contribution is 0.675. The minimum Gasteiger partial charge on any atom is -0.457 e. The molecule has 0 fully saturated rings. The van der Waals surface area contributed by atoms with E-state index in [9.17, 15) is 0 Å². The van der Waals surface area contributed by atoms with Crippen molar-refractivity contribution in [2.24, 2.45) is 0 Å². The van der Waals surface area contributed by atoms with Gasteiger partial charge in [0.1, 0.15) is 81.8 Å². The highest BCUT2D eigenvalue weighted by Gasteiger charge is 2.28.